The second-order valence-corrected chi connectivity index (χ2v) is 3.51. The molecule has 0 saturated carbocycles. The standard InChI is InChI=1S/C10H14N2O/c11-9-5-7(1-2-10(9)13)8-3-4-12-6-8/h1-2,5,8,12-13H,3-4,6,11H2/t8-/m1/s1. The van der Waals surface area contributed by atoms with Gasteiger partial charge in [-0.1, -0.05) is 6.07 Å². The van der Waals surface area contributed by atoms with Gasteiger partial charge in [-0.3, -0.25) is 0 Å². The highest BCUT2D eigenvalue weighted by molar-refractivity contribution is 5.54. The first-order chi connectivity index (χ1) is 6.27. The third-order valence-electron chi connectivity index (χ3n) is 2.58. The van der Waals surface area contributed by atoms with E-state index < -0.39 is 0 Å². The molecule has 0 amide bonds. The summed E-state index contributed by atoms with van der Waals surface area (Å²) < 4.78 is 0. The van der Waals surface area contributed by atoms with E-state index in [1.54, 1.807) is 6.07 Å². The Morgan fingerprint density at radius 3 is 2.92 bits per heavy atom. The number of nitrogens with two attached hydrogens (primary N) is 1. The van der Waals surface area contributed by atoms with Crippen molar-refractivity contribution in [3.05, 3.63) is 23.8 Å². The van der Waals surface area contributed by atoms with Gasteiger partial charge in [0.2, 0.25) is 0 Å². The molecule has 0 aliphatic carbocycles. The molecular weight excluding hydrogens is 164 g/mol. The van der Waals surface area contributed by atoms with Gasteiger partial charge in [0.1, 0.15) is 5.75 Å². The summed E-state index contributed by atoms with van der Waals surface area (Å²) in [5.74, 6) is 0.734. The highest BCUT2D eigenvalue weighted by atomic mass is 16.3. The number of hydrogen-bond donors (Lipinski definition) is 3. The van der Waals surface area contributed by atoms with Gasteiger partial charge in [-0.15, -0.1) is 0 Å². The first-order valence-corrected chi connectivity index (χ1v) is 4.56. The summed E-state index contributed by atoms with van der Waals surface area (Å²) in [4.78, 5) is 0. The van der Waals surface area contributed by atoms with Crippen molar-refractivity contribution in [2.45, 2.75) is 12.3 Å². The molecule has 1 atom stereocenters. The second-order valence-electron chi connectivity index (χ2n) is 3.51. The molecule has 1 aliphatic heterocycles. The van der Waals surface area contributed by atoms with Crippen LogP contribution in [0.25, 0.3) is 0 Å². The largest absolute Gasteiger partial charge is 0.506 e. The predicted octanol–water partition coefficient (Wildman–Crippen LogP) is 1.05. The molecule has 1 aliphatic rings. The van der Waals surface area contributed by atoms with Crippen LogP contribution >= 0.6 is 0 Å². The van der Waals surface area contributed by atoms with E-state index in [9.17, 15) is 5.11 Å². The lowest BCUT2D eigenvalue weighted by Gasteiger charge is -2.09. The Morgan fingerprint density at radius 2 is 2.31 bits per heavy atom. The number of aromatic hydroxyl groups is 1. The fraction of sp³-hybridized carbons (Fsp3) is 0.400. The molecule has 0 radical (unpaired) electrons. The highest BCUT2D eigenvalue weighted by Gasteiger charge is 2.16. The van der Waals surface area contributed by atoms with E-state index in [0.29, 0.717) is 11.6 Å². The molecule has 13 heavy (non-hydrogen) atoms. The lowest BCUT2D eigenvalue weighted by atomic mass is 9.98. The topological polar surface area (TPSA) is 58.3 Å². The minimum absolute atomic E-state index is 0.176. The van der Waals surface area contributed by atoms with E-state index in [1.807, 2.05) is 12.1 Å². The van der Waals surface area contributed by atoms with E-state index in [0.717, 1.165) is 19.5 Å². The molecule has 1 aromatic carbocycles. The van der Waals surface area contributed by atoms with Crippen LogP contribution in [0.15, 0.2) is 18.2 Å². The van der Waals surface area contributed by atoms with Crippen LogP contribution in [-0.4, -0.2) is 18.2 Å². The number of nitrogens with one attached hydrogen (secondary N) is 1. The summed E-state index contributed by atoms with van der Waals surface area (Å²) in [7, 11) is 0. The Kier molecular flexibility index (Phi) is 2.10. The molecule has 2 rings (SSSR count). The minimum atomic E-state index is 0.176. The summed E-state index contributed by atoms with van der Waals surface area (Å²) >= 11 is 0. The normalized spacial score (nSPS) is 22.0. The van der Waals surface area contributed by atoms with Crippen LogP contribution in [0.1, 0.15) is 17.9 Å². The van der Waals surface area contributed by atoms with Gasteiger partial charge in [-0.25, -0.2) is 0 Å². The van der Waals surface area contributed by atoms with Gasteiger partial charge in [-0.05, 0) is 36.6 Å². The maximum Gasteiger partial charge on any atom is 0.138 e. The first kappa shape index (κ1) is 8.38. The van der Waals surface area contributed by atoms with Crippen LogP contribution in [0.5, 0.6) is 5.75 Å². The molecule has 70 valence electrons. The van der Waals surface area contributed by atoms with E-state index in [4.69, 9.17) is 5.73 Å². The summed E-state index contributed by atoms with van der Waals surface area (Å²) in [5, 5.41) is 12.5. The average molecular weight is 178 g/mol. The Labute approximate surface area is 77.6 Å². The van der Waals surface area contributed by atoms with Gasteiger partial charge in [0.05, 0.1) is 5.69 Å². The van der Waals surface area contributed by atoms with Crippen molar-refractivity contribution < 1.29 is 5.11 Å². The zero-order valence-electron chi connectivity index (χ0n) is 7.46. The maximum absolute atomic E-state index is 9.25. The van der Waals surface area contributed by atoms with Crippen LogP contribution in [0.2, 0.25) is 0 Å². The van der Waals surface area contributed by atoms with E-state index in [1.165, 1.54) is 5.56 Å². The molecule has 1 fully saturated rings. The van der Waals surface area contributed by atoms with Crippen LogP contribution in [0.3, 0.4) is 0 Å². The van der Waals surface area contributed by atoms with Gasteiger partial charge >= 0.3 is 0 Å². The lowest BCUT2D eigenvalue weighted by Crippen LogP contribution is -2.08. The fourth-order valence-corrected chi connectivity index (χ4v) is 1.77. The zero-order valence-corrected chi connectivity index (χ0v) is 7.46. The monoisotopic (exact) mass is 178 g/mol. The minimum Gasteiger partial charge on any atom is -0.506 e. The Bertz CT molecular complexity index is 306. The molecule has 1 heterocycles. The average Bonchev–Trinajstić information content (AvgIpc) is 2.62. The molecule has 1 saturated heterocycles. The number of phenols is 1. The SMILES string of the molecule is Nc1cc([C@@H]2CCNC2)ccc1O. The third kappa shape index (κ3) is 1.60. The quantitative estimate of drug-likeness (QED) is 0.445. The molecule has 4 N–H and O–H groups in total. The first-order valence-electron chi connectivity index (χ1n) is 4.56. The van der Waals surface area contributed by atoms with Crippen molar-refractivity contribution in [1.82, 2.24) is 5.32 Å². The number of hydrogen-bond acceptors (Lipinski definition) is 3. The smallest absolute Gasteiger partial charge is 0.138 e. The van der Waals surface area contributed by atoms with Gasteiger partial charge in [0.15, 0.2) is 0 Å². The number of benzene rings is 1. The van der Waals surface area contributed by atoms with Gasteiger partial charge < -0.3 is 16.2 Å². The maximum atomic E-state index is 9.25. The Hall–Kier alpha value is -1.22. The van der Waals surface area contributed by atoms with Crippen molar-refractivity contribution in [3.63, 3.8) is 0 Å². The molecule has 3 heteroatoms. The number of rotatable bonds is 1. The van der Waals surface area contributed by atoms with Crippen LogP contribution in [0, 0.1) is 0 Å². The van der Waals surface area contributed by atoms with Crippen LogP contribution in [0.4, 0.5) is 5.69 Å². The summed E-state index contributed by atoms with van der Waals surface area (Å²) in [6.45, 7) is 2.09. The van der Waals surface area contributed by atoms with Crippen molar-refractivity contribution in [2.24, 2.45) is 0 Å². The Balaban J connectivity index is 2.25. The molecule has 0 spiro atoms. The fourth-order valence-electron chi connectivity index (χ4n) is 1.77. The van der Waals surface area contributed by atoms with Crippen molar-refractivity contribution in [1.29, 1.82) is 0 Å². The van der Waals surface area contributed by atoms with E-state index in [2.05, 4.69) is 5.32 Å². The number of phenolic OH excluding ortho intramolecular Hbond substituents is 1. The zero-order chi connectivity index (χ0) is 9.26. The van der Waals surface area contributed by atoms with Gasteiger partial charge in [0, 0.05) is 6.54 Å². The lowest BCUT2D eigenvalue weighted by molar-refractivity contribution is 0.477. The van der Waals surface area contributed by atoms with E-state index >= 15 is 0 Å². The summed E-state index contributed by atoms with van der Waals surface area (Å²) in [5.41, 5.74) is 7.32. The molecule has 0 bridgehead atoms. The van der Waals surface area contributed by atoms with E-state index in [-0.39, 0.29) is 5.75 Å². The van der Waals surface area contributed by atoms with Crippen LogP contribution < -0.4 is 11.1 Å². The molecule has 0 unspecified atom stereocenters. The highest BCUT2D eigenvalue weighted by Crippen LogP contribution is 2.28. The summed E-state index contributed by atoms with van der Waals surface area (Å²) in [6.07, 6.45) is 1.16. The van der Waals surface area contributed by atoms with Crippen molar-refractivity contribution in [2.75, 3.05) is 18.8 Å². The third-order valence-corrected chi connectivity index (χ3v) is 2.58. The van der Waals surface area contributed by atoms with Crippen molar-refractivity contribution in [3.8, 4) is 5.75 Å². The van der Waals surface area contributed by atoms with Crippen LogP contribution in [-0.2, 0) is 0 Å². The Morgan fingerprint density at radius 1 is 1.46 bits per heavy atom. The van der Waals surface area contributed by atoms with Crippen molar-refractivity contribution >= 4 is 5.69 Å². The van der Waals surface area contributed by atoms with Gasteiger partial charge in [-0.2, -0.15) is 0 Å². The molecule has 1 aromatic rings. The molecular formula is C10H14N2O. The molecule has 0 aromatic heterocycles. The second kappa shape index (κ2) is 3.26. The summed E-state index contributed by atoms with van der Waals surface area (Å²) in [6, 6.07) is 5.49. The van der Waals surface area contributed by atoms with Gasteiger partial charge in [0.25, 0.3) is 0 Å². The number of nitrogen functional groups attached to an aromatic ring is 1. The number of anilines is 1. The molecule has 3 nitrogen and oxygen atoms in total. The predicted molar refractivity (Wildman–Crippen MR) is 52.7 cm³/mol.